The first-order valence-corrected chi connectivity index (χ1v) is 11.2. The number of benzene rings is 1. The maximum absolute atomic E-state index is 12.9. The smallest absolute Gasteiger partial charge is 0.280 e. The highest BCUT2D eigenvalue weighted by atomic mass is 35.5. The highest BCUT2D eigenvalue weighted by molar-refractivity contribution is 7.18. The topological polar surface area (TPSA) is 88.5 Å². The Bertz CT molecular complexity index is 1220. The summed E-state index contributed by atoms with van der Waals surface area (Å²) in [6.45, 7) is 2.23. The van der Waals surface area contributed by atoms with Crippen LogP contribution in [0.5, 0.6) is 0 Å². The van der Waals surface area contributed by atoms with Crippen molar-refractivity contribution in [3.05, 3.63) is 75.8 Å². The van der Waals surface area contributed by atoms with Gasteiger partial charge in [-0.25, -0.2) is 9.50 Å². The predicted octanol–water partition coefficient (Wildman–Crippen LogP) is 3.05. The summed E-state index contributed by atoms with van der Waals surface area (Å²) in [6, 6.07) is 15.7. The molecule has 2 atom stereocenters. The number of hydrogen-bond donors (Lipinski definition) is 2. The van der Waals surface area contributed by atoms with E-state index in [0.29, 0.717) is 21.6 Å². The molecule has 9 heteroatoms. The molecule has 31 heavy (non-hydrogen) atoms. The molecule has 5 rings (SSSR count). The number of hydrogen-bond acceptors (Lipinski definition) is 6. The number of rotatable bonds is 5. The molecule has 2 unspecified atom stereocenters. The Balaban J connectivity index is 1.29. The molecule has 0 radical (unpaired) electrons. The highest BCUT2D eigenvalue weighted by Gasteiger charge is 2.32. The van der Waals surface area contributed by atoms with Crippen LogP contribution in [0.15, 0.2) is 60.9 Å². The quantitative estimate of drug-likeness (QED) is 0.486. The number of fused-ring (bicyclic) bond motifs is 1. The molecular formula is C22H21ClN6OS. The van der Waals surface area contributed by atoms with Gasteiger partial charge in [-0.1, -0.05) is 59.3 Å². The summed E-state index contributed by atoms with van der Waals surface area (Å²) < 4.78 is 2.22. The van der Waals surface area contributed by atoms with Gasteiger partial charge in [0.15, 0.2) is 5.01 Å². The van der Waals surface area contributed by atoms with Crippen LogP contribution >= 0.6 is 22.9 Å². The molecule has 1 amide bonds. The monoisotopic (exact) mass is 452 g/mol. The van der Waals surface area contributed by atoms with Gasteiger partial charge in [0.2, 0.25) is 0 Å². The number of carbonyl (C=O) groups excluding carboxylic acids is 1. The van der Waals surface area contributed by atoms with Crippen molar-refractivity contribution in [2.45, 2.75) is 18.6 Å². The number of nitrogens with two attached hydrogens (primary N) is 1. The Morgan fingerprint density at radius 2 is 2.00 bits per heavy atom. The SMILES string of the molecule is NC1CN(Cc2ccccc2)CC1NC(=O)c1nc(-c2cnn3ccccc23)c(Cl)s1. The normalized spacial score (nSPS) is 19.2. The van der Waals surface area contributed by atoms with E-state index < -0.39 is 0 Å². The van der Waals surface area contributed by atoms with Crippen molar-refractivity contribution < 1.29 is 4.79 Å². The molecule has 4 aromatic rings. The molecule has 0 aliphatic carbocycles. The summed E-state index contributed by atoms with van der Waals surface area (Å²) >= 11 is 7.61. The van der Waals surface area contributed by atoms with E-state index in [-0.39, 0.29) is 18.0 Å². The molecule has 0 saturated carbocycles. The Hall–Kier alpha value is -2.78. The minimum Gasteiger partial charge on any atom is -0.344 e. The maximum Gasteiger partial charge on any atom is 0.280 e. The van der Waals surface area contributed by atoms with Crippen molar-refractivity contribution in [3.8, 4) is 11.3 Å². The van der Waals surface area contributed by atoms with Gasteiger partial charge in [-0.2, -0.15) is 5.10 Å². The number of nitrogens with zero attached hydrogens (tertiary/aromatic N) is 4. The summed E-state index contributed by atoms with van der Waals surface area (Å²) in [5.41, 5.74) is 9.79. The van der Waals surface area contributed by atoms with Crippen molar-refractivity contribution in [1.29, 1.82) is 0 Å². The summed E-state index contributed by atoms with van der Waals surface area (Å²) in [5, 5.41) is 7.70. The lowest BCUT2D eigenvalue weighted by molar-refractivity contribution is 0.0935. The molecule has 1 aliphatic heterocycles. The third-order valence-electron chi connectivity index (χ3n) is 5.47. The Morgan fingerprint density at radius 1 is 1.19 bits per heavy atom. The zero-order valence-corrected chi connectivity index (χ0v) is 18.2. The van der Waals surface area contributed by atoms with Crippen molar-refractivity contribution in [3.63, 3.8) is 0 Å². The maximum atomic E-state index is 12.9. The molecule has 3 N–H and O–H groups in total. The molecule has 1 fully saturated rings. The molecule has 158 valence electrons. The number of pyridine rings is 1. The van der Waals surface area contributed by atoms with E-state index in [1.54, 1.807) is 10.7 Å². The van der Waals surface area contributed by atoms with Gasteiger partial charge in [0.05, 0.1) is 17.8 Å². The molecule has 1 aromatic carbocycles. The number of aromatic nitrogens is 3. The second kappa shape index (κ2) is 8.39. The third kappa shape index (κ3) is 4.07. The largest absolute Gasteiger partial charge is 0.344 e. The number of likely N-dealkylation sites (tertiary alicyclic amines) is 1. The van der Waals surface area contributed by atoms with E-state index in [1.807, 2.05) is 42.6 Å². The fraction of sp³-hybridized carbons (Fsp3) is 0.227. The van der Waals surface area contributed by atoms with Gasteiger partial charge in [-0.05, 0) is 17.7 Å². The Labute approximate surface area is 188 Å². The van der Waals surface area contributed by atoms with E-state index in [1.165, 1.54) is 16.9 Å². The second-order valence-electron chi connectivity index (χ2n) is 7.65. The van der Waals surface area contributed by atoms with Gasteiger partial charge < -0.3 is 11.1 Å². The minimum absolute atomic E-state index is 0.137. The van der Waals surface area contributed by atoms with Gasteiger partial charge in [0, 0.05) is 37.4 Å². The molecule has 3 aromatic heterocycles. The van der Waals surface area contributed by atoms with Gasteiger partial charge >= 0.3 is 0 Å². The average Bonchev–Trinajstić information content (AvgIpc) is 3.46. The van der Waals surface area contributed by atoms with Crippen LogP contribution in [0.2, 0.25) is 4.34 Å². The van der Waals surface area contributed by atoms with Crippen LogP contribution in [-0.2, 0) is 6.54 Å². The highest BCUT2D eigenvalue weighted by Crippen LogP contribution is 2.34. The lowest BCUT2D eigenvalue weighted by Gasteiger charge is -2.16. The second-order valence-corrected chi connectivity index (χ2v) is 9.25. The zero-order valence-electron chi connectivity index (χ0n) is 16.6. The lowest BCUT2D eigenvalue weighted by atomic mass is 10.2. The van der Waals surface area contributed by atoms with Crippen LogP contribution in [0, 0.1) is 0 Å². The fourth-order valence-corrected chi connectivity index (χ4v) is 5.02. The van der Waals surface area contributed by atoms with Crippen LogP contribution in [-0.4, -0.2) is 50.6 Å². The van der Waals surface area contributed by atoms with Gasteiger partial charge in [-0.15, -0.1) is 0 Å². The van der Waals surface area contributed by atoms with Gasteiger partial charge in [0.1, 0.15) is 10.0 Å². The molecule has 4 heterocycles. The van der Waals surface area contributed by atoms with E-state index in [9.17, 15) is 4.79 Å². The molecule has 1 saturated heterocycles. The fourth-order valence-electron chi connectivity index (χ4n) is 3.95. The van der Waals surface area contributed by atoms with Crippen LogP contribution < -0.4 is 11.1 Å². The minimum atomic E-state index is -0.253. The van der Waals surface area contributed by atoms with E-state index >= 15 is 0 Å². The van der Waals surface area contributed by atoms with Crippen molar-refractivity contribution in [1.82, 2.24) is 24.8 Å². The predicted molar refractivity (Wildman–Crippen MR) is 122 cm³/mol. The van der Waals surface area contributed by atoms with Gasteiger partial charge in [0.25, 0.3) is 5.91 Å². The number of thiazole rings is 1. The van der Waals surface area contributed by atoms with Crippen molar-refractivity contribution >= 4 is 34.4 Å². The van der Waals surface area contributed by atoms with E-state index in [2.05, 4.69) is 32.4 Å². The molecule has 0 spiro atoms. The lowest BCUT2D eigenvalue weighted by Crippen LogP contribution is -2.46. The number of amides is 1. The summed E-state index contributed by atoms with van der Waals surface area (Å²) in [6.07, 6.45) is 3.57. The van der Waals surface area contributed by atoms with Crippen LogP contribution in [0.1, 0.15) is 15.4 Å². The van der Waals surface area contributed by atoms with Crippen LogP contribution in [0.4, 0.5) is 0 Å². The Kier molecular flexibility index (Phi) is 5.45. The standard InChI is InChI=1S/C22H21ClN6OS/c23-20-19(15-10-25-29-9-5-4-8-18(15)29)27-22(31-20)21(30)26-17-13-28(12-16(17)24)11-14-6-2-1-3-7-14/h1-10,16-17H,11-13,24H2,(H,26,30). The third-order valence-corrected chi connectivity index (χ3v) is 6.72. The van der Waals surface area contributed by atoms with E-state index in [4.69, 9.17) is 17.3 Å². The summed E-state index contributed by atoms with van der Waals surface area (Å²) in [4.78, 5) is 19.7. The van der Waals surface area contributed by atoms with E-state index in [0.717, 1.165) is 24.2 Å². The first-order chi connectivity index (χ1) is 15.1. The molecular weight excluding hydrogens is 432 g/mol. The van der Waals surface area contributed by atoms with Crippen LogP contribution in [0.3, 0.4) is 0 Å². The van der Waals surface area contributed by atoms with Crippen LogP contribution in [0.25, 0.3) is 16.8 Å². The first-order valence-electron chi connectivity index (χ1n) is 10.0. The summed E-state index contributed by atoms with van der Waals surface area (Å²) in [5.74, 6) is -0.253. The molecule has 7 nitrogen and oxygen atoms in total. The van der Waals surface area contributed by atoms with Crippen molar-refractivity contribution in [2.24, 2.45) is 5.73 Å². The van der Waals surface area contributed by atoms with Crippen molar-refractivity contribution in [2.75, 3.05) is 13.1 Å². The number of carbonyl (C=O) groups is 1. The van der Waals surface area contributed by atoms with Gasteiger partial charge in [-0.3, -0.25) is 9.69 Å². The zero-order chi connectivity index (χ0) is 21.4. The Morgan fingerprint density at radius 3 is 2.84 bits per heavy atom. The number of halogens is 1. The molecule has 1 aliphatic rings. The number of nitrogens with one attached hydrogen (secondary N) is 1. The first kappa shape index (κ1) is 20.1. The average molecular weight is 453 g/mol. The molecule has 0 bridgehead atoms. The summed E-state index contributed by atoms with van der Waals surface area (Å²) in [7, 11) is 0.